The third-order valence-electron chi connectivity index (χ3n) is 6.14. The van der Waals surface area contributed by atoms with Crippen molar-refractivity contribution in [2.45, 2.75) is 118 Å². The van der Waals surface area contributed by atoms with E-state index in [0.29, 0.717) is 0 Å². The molecular weight excluding hydrogens is 438 g/mol. The highest BCUT2D eigenvalue weighted by Crippen LogP contribution is 2.33. The van der Waals surface area contributed by atoms with Gasteiger partial charge in [-0.25, -0.2) is 0 Å². The summed E-state index contributed by atoms with van der Waals surface area (Å²) in [6.45, 7) is 16.4. The van der Waals surface area contributed by atoms with Crippen molar-refractivity contribution < 1.29 is 9.90 Å². The molecule has 0 bridgehead atoms. The van der Waals surface area contributed by atoms with Gasteiger partial charge in [-0.15, -0.1) is 17.9 Å². The van der Waals surface area contributed by atoms with E-state index < -0.39 is 0 Å². The highest BCUT2D eigenvalue weighted by molar-refractivity contribution is 7.13. The monoisotopic (exact) mass is 489 g/mol. The minimum absolute atomic E-state index is 0.0767. The highest BCUT2D eigenvalue weighted by Gasteiger charge is 2.20. The van der Waals surface area contributed by atoms with E-state index in [1.165, 1.54) is 79.6 Å². The van der Waals surface area contributed by atoms with Gasteiger partial charge in [0.25, 0.3) is 6.47 Å². The second-order valence-corrected chi connectivity index (χ2v) is 11.8. The zero-order valence-corrected chi connectivity index (χ0v) is 23.9. The van der Waals surface area contributed by atoms with Crippen LogP contribution in [-0.4, -0.2) is 24.7 Å². The molecule has 1 aromatic heterocycles. The Hall–Kier alpha value is -1.73. The van der Waals surface area contributed by atoms with Gasteiger partial charge in [0.1, 0.15) is 0 Å². The quantitative estimate of drug-likeness (QED) is 0.261. The van der Waals surface area contributed by atoms with E-state index in [1.807, 2.05) is 17.4 Å². The van der Waals surface area contributed by atoms with Crippen molar-refractivity contribution in [3.63, 3.8) is 0 Å². The SMILES string of the molecule is C=CCC.CC1CCCCC1.Cc1sc(C#CC(C)(C)C)cc1N(C)C1CCCCC1.O=CO. The first kappa shape index (κ1) is 32.3. The van der Waals surface area contributed by atoms with Crippen LogP contribution < -0.4 is 4.90 Å². The Morgan fingerprint density at radius 2 is 1.59 bits per heavy atom. The summed E-state index contributed by atoms with van der Waals surface area (Å²) < 4.78 is 0. The first-order valence-corrected chi connectivity index (χ1v) is 14.0. The maximum atomic E-state index is 8.36. The van der Waals surface area contributed by atoms with E-state index in [2.05, 4.69) is 78.0 Å². The highest BCUT2D eigenvalue weighted by atomic mass is 32.1. The molecule has 2 aliphatic carbocycles. The number of allylic oxidation sites excluding steroid dienone is 1. The number of hydrogen-bond donors (Lipinski definition) is 1. The predicted octanol–water partition coefficient (Wildman–Crippen LogP) is 9.09. The number of carbonyl (C=O) groups is 1. The molecule has 0 spiro atoms. The molecule has 1 aromatic rings. The summed E-state index contributed by atoms with van der Waals surface area (Å²) >= 11 is 1.83. The lowest BCUT2D eigenvalue weighted by Gasteiger charge is -2.32. The lowest BCUT2D eigenvalue weighted by molar-refractivity contribution is -0.122. The Balaban J connectivity index is 0.000000635. The molecule has 2 aliphatic rings. The summed E-state index contributed by atoms with van der Waals surface area (Å²) in [6, 6.07) is 3.01. The van der Waals surface area contributed by atoms with Crippen LogP contribution in [0, 0.1) is 30.1 Å². The van der Waals surface area contributed by atoms with Crippen LogP contribution in [0.3, 0.4) is 0 Å². The number of nitrogens with zero attached hydrogens (tertiary/aromatic N) is 1. The molecule has 0 saturated heterocycles. The molecule has 0 aromatic carbocycles. The van der Waals surface area contributed by atoms with Crippen molar-refractivity contribution >= 4 is 23.5 Å². The van der Waals surface area contributed by atoms with E-state index in [-0.39, 0.29) is 11.9 Å². The van der Waals surface area contributed by atoms with Crippen molar-refractivity contribution in [3.8, 4) is 11.8 Å². The van der Waals surface area contributed by atoms with Crippen LogP contribution >= 0.6 is 11.3 Å². The molecule has 3 rings (SSSR count). The normalized spacial score (nSPS) is 16.1. The summed E-state index contributed by atoms with van der Waals surface area (Å²) in [5.74, 6) is 7.72. The number of carboxylic acid groups (broad SMARTS) is 1. The minimum atomic E-state index is -0.250. The molecule has 3 nitrogen and oxygen atoms in total. The van der Waals surface area contributed by atoms with Crippen LogP contribution in [0.1, 0.15) is 115 Å². The molecule has 0 radical (unpaired) electrons. The van der Waals surface area contributed by atoms with Crippen molar-refractivity contribution in [1.82, 2.24) is 0 Å². The van der Waals surface area contributed by atoms with E-state index in [9.17, 15) is 0 Å². The van der Waals surface area contributed by atoms with Crippen LogP contribution in [0.15, 0.2) is 18.7 Å². The van der Waals surface area contributed by atoms with Crippen molar-refractivity contribution in [2.75, 3.05) is 11.9 Å². The first-order valence-electron chi connectivity index (χ1n) is 13.1. The van der Waals surface area contributed by atoms with Gasteiger partial charge >= 0.3 is 0 Å². The first-order chi connectivity index (χ1) is 16.1. The fraction of sp³-hybridized carbons (Fsp3) is 0.700. The molecule has 0 unspecified atom stereocenters. The van der Waals surface area contributed by atoms with Crippen molar-refractivity contribution in [1.29, 1.82) is 0 Å². The molecule has 4 heteroatoms. The molecule has 2 saturated carbocycles. The zero-order valence-electron chi connectivity index (χ0n) is 23.1. The zero-order chi connectivity index (χ0) is 26.0. The fourth-order valence-electron chi connectivity index (χ4n) is 4.11. The molecule has 0 amide bonds. The summed E-state index contributed by atoms with van der Waals surface area (Å²) in [5, 5.41) is 6.89. The van der Waals surface area contributed by atoms with E-state index in [1.54, 1.807) is 0 Å². The molecular formula is C30H51NO2S. The number of hydrogen-bond acceptors (Lipinski definition) is 3. The van der Waals surface area contributed by atoms with E-state index >= 15 is 0 Å². The van der Waals surface area contributed by atoms with Gasteiger partial charge in [-0.2, -0.15) is 0 Å². The maximum absolute atomic E-state index is 8.36. The second kappa shape index (κ2) is 18.6. The lowest BCUT2D eigenvalue weighted by atomic mass is 9.91. The molecule has 0 aliphatic heterocycles. The topological polar surface area (TPSA) is 40.5 Å². The van der Waals surface area contributed by atoms with Gasteiger partial charge in [0.05, 0.1) is 10.6 Å². The molecule has 1 N–H and O–H groups in total. The number of thiophene rings is 1. The average molecular weight is 490 g/mol. The van der Waals surface area contributed by atoms with Gasteiger partial charge in [0.2, 0.25) is 0 Å². The summed E-state index contributed by atoms with van der Waals surface area (Å²) in [7, 11) is 2.26. The van der Waals surface area contributed by atoms with Crippen molar-refractivity contribution in [2.24, 2.45) is 11.3 Å². The molecule has 1 heterocycles. The van der Waals surface area contributed by atoms with Gasteiger partial charge < -0.3 is 10.0 Å². The van der Waals surface area contributed by atoms with E-state index in [0.717, 1.165) is 18.4 Å². The van der Waals surface area contributed by atoms with Gasteiger partial charge in [0, 0.05) is 23.4 Å². The molecule has 194 valence electrons. The maximum Gasteiger partial charge on any atom is 0.290 e. The van der Waals surface area contributed by atoms with Crippen LogP contribution in [0.25, 0.3) is 0 Å². The molecule has 2 fully saturated rings. The van der Waals surface area contributed by atoms with Gasteiger partial charge in [0.15, 0.2) is 0 Å². The summed E-state index contributed by atoms with van der Waals surface area (Å²) in [5.41, 5.74) is 1.47. The Labute approximate surface area is 215 Å². The van der Waals surface area contributed by atoms with E-state index in [4.69, 9.17) is 9.90 Å². The van der Waals surface area contributed by atoms with Gasteiger partial charge in [-0.05, 0) is 58.9 Å². The number of rotatable bonds is 3. The van der Waals surface area contributed by atoms with Crippen LogP contribution in [0.4, 0.5) is 5.69 Å². The fourth-order valence-corrected chi connectivity index (χ4v) is 5.02. The second-order valence-electron chi connectivity index (χ2n) is 10.5. The Bertz CT molecular complexity index is 723. The Morgan fingerprint density at radius 3 is 1.97 bits per heavy atom. The molecule has 0 atom stereocenters. The van der Waals surface area contributed by atoms with Crippen LogP contribution in [0.5, 0.6) is 0 Å². The van der Waals surface area contributed by atoms with Gasteiger partial charge in [-0.3, -0.25) is 4.79 Å². The van der Waals surface area contributed by atoms with Crippen LogP contribution in [0.2, 0.25) is 0 Å². The number of aryl methyl sites for hydroxylation is 1. The van der Waals surface area contributed by atoms with Gasteiger partial charge in [-0.1, -0.05) is 83.1 Å². The third kappa shape index (κ3) is 15.2. The Kier molecular flexibility index (Phi) is 17.6. The molecule has 34 heavy (non-hydrogen) atoms. The predicted molar refractivity (Wildman–Crippen MR) is 152 cm³/mol. The number of anilines is 1. The minimum Gasteiger partial charge on any atom is -0.483 e. The van der Waals surface area contributed by atoms with Crippen molar-refractivity contribution in [3.05, 3.63) is 28.5 Å². The lowest BCUT2D eigenvalue weighted by Crippen LogP contribution is -2.33. The van der Waals surface area contributed by atoms with Crippen LogP contribution in [-0.2, 0) is 4.79 Å². The average Bonchev–Trinajstić information content (AvgIpc) is 3.19. The standard InChI is InChI=1S/C18H27NS.C7H14.C4H8.CH2O2/c1-14-17(19(5)15-9-7-6-8-10-15)13-16(20-14)11-12-18(2,3)4;1-7-5-3-2-4-6-7;1-3-4-2;2-1-3/h13,15H,6-10H2,1-5H3;7H,2-6H2,1H3;3H,1,4H2,2H3;1H,(H,2,3). The Morgan fingerprint density at radius 1 is 1.12 bits per heavy atom. The summed E-state index contributed by atoms with van der Waals surface area (Å²) in [4.78, 5) is 13.5. The summed E-state index contributed by atoms with van der Waals surface area (Å²) in [6.07, 6.45) is 17.3. The largest absolute Gasteiger partial charge is 0.483 e. The smallest absolute Gasteiger partial charge is 0.290 e. The third-order valence-corrected chi connectivity index (χ3v) is 7.09.